The van der Waals surface area contributed by atoms with Gasteiger partial charge in [0.25, 0.3) is 5.91 Å². The highest BCUT2D eigenvalue weighted by Crippen LogP contribution is 2.31. The Balaban J connectivity index is 0.00000176. The van der Waals surface area contributed by atoms with Crippen LogP contribution in [0.25, 0.3) is 0 Å². The standard InChI is InChI=1S/C16H16ClN3O.ClH/c17-15-9-12(18)1-4-14(15)16(21)20(13-2-3-13)10-11-5-7-19-8-6-11;/h1,4-9,13H,2-3,10,18H2;1H. The molecular weight excluding hydrogens is 321 g/mol. The maximum Gasteiger partial charge on any atom is 0.255 e. The number of nitrogens with two attached hydrogens (primary N) is 1. The van der Waals surface area contributed by atoms with Crippen molar-refractivity contribution < 1.29 is 4.79 Å². The Labute approximate surface area is 140 Å². The van der Waals surface area contributed by atoms with Crippen LogP contribution < -0.4 is 5.73 Å². The molecule has 0 atom stereocenters. The molecule has 1 heterocycles. The van der Waals surface area contributed by atoms with Crippen molar-refractivity contribution in [2.75, 3.05) is 5.73 Å². The van der Waals surface area contributed by atoms with E-state index in [9.17, 15) is 4.79 Å². The van der Waals surface area contributed by atoms with Crippen LogP contribution in [0.15, 0.2) is 42.7 Å². The lowest BCUT2D eigenvalue weighted by Gasteiger charge is -2.23. The van der Waals surface area contributed by atoms with Crippen molar-refractivity contribution in [3.63, 3.8) is 0 Å². The van der Waals surface area contributed by atoms with Crippen LogP contribution >= 0.6 is 24.0 Å². The van der Waals surface area contributed by atoms with E-state index in [0.717, 1.165) is 18.4 Å². The maximum atomic E-state index is 12.7. The second-order valence-corrected chi connectivity index (χ2v) is 5.67. The van der Waals surface area contributed by atoms with Crippen LogP contribution in [0.1, 0.15) is 28.8 Å². The number of amides is 1. The van der Waals surface area contributed by atoms with Gasteiger partial charge in [-0.25, -0.2) is 0 Å². The third-order valence-electron chi connectivity index (χ3n) is 3.57. The monoisotopic (exact) mass is 337 g/mol. The van der Waals surface area contributed by atoms with Crippen LogP contribution in [0.4, 0.5) is 5.69 Å². The van der Waals surface area contributed by atoms with Crippen LogP contribution in [0.3, 0.4) is 0 Å². The fourth-order valence-electron chi connectivity index (χ4n) is 2.30. The van der Waals surface area contributed by atoms with Gasteiger partial charge in [-0.05, 0) is 48.7 Å². The average molecular weight is 338 g/mol. The summed E-state index contributed by atoms with van der Waals surface area (Å²) < 4.78 is 0. The minimum absolute atomic E-state index is 0. The second-order valence-electron chi connectivity index (χ2n) is 5.26. The summed E-state index contributed by atoms with van der Waals surface area (Å²) in [5, 5.41) is 0.403. The molecule has 0 saturated heterocycles. The first kappa shape index (κ1) is 16.6. The molecule has 0 bridgehead atoms. The van der Waals surface area contributed by atoms with E-state index in [4.69, 9.17) is 17.3 Å². The molecule has 116 valence electrons. The highest BCUT2D eigenvalue weighted by Gasteiger charge is 2.33. The molecule has 1 fully saturated rings. The summed E-state index contributed by atoms with van der Waals surface area (Å²) in [6.45, 7) is 0.576. The first-order chi connectivity index (χ1) is 10.1. The Hall–Kier alpha value is -1.78. The molecule has 4 nitrogen and oxygen atoms in total. The van der Waals surface area contributed by atoms with Crippen LogP contribution in [0.2, 0.25) is 5.02 Å². The van der Waals surface area contributed by atoms with Crippen molar-refractivity contribution in [3.05, 3.63) is 58.9 Å². The van der Waals surface area contributed by atoms with Crippen LogP contribution in [-0.2, 0) is 6.54 Å². The predicted octanol–water partition coefficient (Wildman–Crippen LogP) is 3.54. The number of hydrogen-bond acceptors (Lipinski definition) is 3. The minimum atomic E-state index is -0.0423. The molecule has 22 heavy (non-hydrogen) atoms. The molecule has 1 aromatic heterocycles. The van der Waals surface area contributed by atoms with Crippen molar-refractivity contribution in [2.24, 2.45) is 0 Å². The molecule has 3 rings (SSSR count). The summed E-state index contributed by atoms with van der Waals surface area (Å²) in [7, 11) is 0. The zero-order chi connectivity index (χ0) is 14.8. The molecule has 2 N–H and O–H groups in total. The second kappa shape index (κ2) is 6.99. The van der Waals surface area contributed by atoms with Gasteiger partial charge in [0.1, 0.15) is 0 Å². The number of nitrogen functional groups attached to an aromatic ring is 1. The first-order valence-corrected chi connectivity index (χ1v) is 7.28. The topological polar surface area (TPSA) is 59.2 Å². The van der Waals surface area contributed by atoms with Crippen molar-refractivity contribution in [2.45, 2.75) is 25.4 Å². The molecule has 0 unspecified atom stereocenters. The van der Waals surface area contributed by atoms with E-state index < -0.39 is 0 Å². The number of nitrogens with zero attached hydrogens (tertiary/aromatic N) is 2. The Morgan fingerprint density at radius 2 is 1.95 bits per heavy atom. The summed E-state index contributed by atoms with van der Waals surface area (Å²) in [6, 6.07) is 9.17. The fraction of sp³-hybridized carbons (Fsp3) is 0.250. The van der Waals surface area contributed by atoms with E-state index in [1.54, 1.807) is 30.6 Å². The van der Waals surface area contributed by atoms with E-state index in [-0.39, 0.29) is 18.3 Å². The number of pyridine rings is 1. The molecule has 1 saturated carbocycles. The molecule has 2 aromatic rings. The van der Waals surface area contributed by atoms with Gasteiger partial charge in [-0.1, -0.05) is 11.6 Å². The quantitative estimate of drug-likeness (QED) is 0.868. The Bertz CT molecular complexity index is 660. The molecule has 0 spiro atoms. The zero-order valence-electron chi connectivity index (χ0n) is 11.9. The van der Waals surface area contributed by atoms with Crippen molar-refractivity contribution in [3.8, 4) is 0 Å². The van der Waals surface area contributed by atoms with E-state index in [1.165, 1.54) is 0 Å². The number of benzene rings is 1. The van der Waals surface area contributed by atoms with Crippen molar-refractivity contribution in [1.82, 2.24) is 9.88 Å². The molecule has 0 radical (unpaired) electrons. The summed E-state index contributed by atoms with van der Waals surface area (Å²) in [5.74, 6) is -0.0423. The van der Waals surface area contributed by atoms with Crippen molar-refractivity contribution in [1.29, 1.82) is 0 Å². The molecule has 1 amide bonds. The number of halogens is 2. The smallest absolute Gasteiger partial charge is 0.255 e. The molecule has 1 aromatic carbocycles. The first-order valence-electron chi connectivity index (χ1n) is 6.90. The van der Waals surface area contributed by atoms with Crippen molar-refractivity contribution >= 4 is 35.6 Å². The number of anilines is 1. The third kappa shape index (κ3) is 3.70. The highest BCUT2D eigenvalue weighted by atomic mass is 35.5. The third-order valence-corrected chi connectivity index (χ3v) is 3.89. The van der Waals surface area contributed by atoms with Gasteiger partial charge < -0.3 is 10.6 Å². The Morgan fingerprint density at radius 3 is 2.55 bits per heavy atom. The average Bonchev–Trinajstić information content (AvgIpc) is 3.30. The molecule has 1 aliphatic rings. The lowest BCUT2D eigenvalue weighted by molar-refractivity contribution is 0.0730. The van der Waals surface area contributed by atoms with Crippen LogP contribution in [0.5, 0.6) is 0 Å². The van der Waals surface area contributed by atoms with Gasteiger partial charge in [0, 0.05) is 30.7 Å². The van der Waals surface area contributed by atoms with Crippen LogP contribution in [0, 0.1) is 0 Å². The lowest BCUT2D eigenvalue weighted by Crippen LogP contribution is -2.32. The SMILES string of the molecule is Cl.Nc1ccc(C(=O)N(Cc2ccncc2)C2CC2)c(Cl)c1. The lowest BCUT2D eigenvalue weighted by atomic mass is 10.1. The Kier molecular flexibility index (Phi) is 5.27. The summed E-state index contributed by atoms with van der Waals surface area (Å²) in [6.07, 6.45) is 5.56. The van der Waals surface area contributed by atoms with Gasteiger partial charge in [0.05, 0.1) is 10.6 Å². The van der Waals surface area contributed by atoms with Gasteiger partial charge in [-0.15, -0.1) is 12.4 Å². The van der Waals surface area contributed by atoms with E-state index in [0.29, 0.717) is 28.9 Å². The fourth-order valence-corrected chi connectivity index (χ4v) is 2.57. The number of rotatable bonds is 4. The number of hydrogen-bond donors (Lipinski definition) is 1. The predicted molar refractivity (Wildman–Crippen MR) is 90.2 cm³/mol. The molecule has 0 aliphatic heterocycles. The van der Waals surface area contributed by atoms with E-state index in [1.807, 2.05) is 17.0 Å². The number of carbonyl (C=O) groups is 1. The zero-order valence-corrected chi connectivity index (χ0v) is 13.5. The Morgan fingerprint density at radius 1 is 1.27 bits per heavy atom. The van der Waals surface area contributed by atoms with Gasteiger partial charge in [-0.2, -0.15) is 0 Å². The molecule has 6 heteroatoms. The molecule has 1 aliphatic carbocycles. The summed E-state index contributed by atoms with van der Waals surface area (Å²) in [5.41, 5.74) is 7.81. The van der Waals surface area contributed by atoms with Gasteiger partial charge in [-0.3, -0.25) is 9.78 Å². The van der Waals surface area contributed by atoms with E-state index in [2.05, 4.69) is 4.98 Å². The maximum absolute atomic E-state index is 12.7. The normalized spacial score (nSPS) is 13.3. The van der Waals surface area contributed by atoms with Gasteiger partial charge >= 0.3 is 0 Å². The molecular formula is C16H17Cl2N3O. The number of aromatic nitrogens is 1. The van der Waals surface area contributed by atoms with E-state index >= 15 is 0 Å². The highest BCUT2D eigenvalue weighted by molar-refractivity contribution is 6.34. The van der Waals surface area contributed by atoms with Gasteiger partial charge in [0.2, 0.25) is 0 Å². The van der Waals surface area contributed by atoms with Gasteiger partial charge in [0.15, 0.2) is 0 Å². The van der Waals surface area contributed by atoms with Crippen LogP contribution in [-0.4, -0.2) is 21.8 Å². The summed E-state index contributed by atoms with van der Waals surface area (Å²) >= 11 is 6.16. The largest absolute Gasteiger partial charge is 0.399 e. The number of carbonyl (C=O) groups excluding carboxylic acids is 1. The summed E-state index contributed by atoms with van der Waals surface area (Å²) in [4.78, 5) is 18.6. The minimum Gasteiger partial charge on any atom is -0.399 e.